The summed E-state index contributed by atoms with van der Waals surface area (Å²) in [7, 11) is 0. The standard InChI is InChI=1S/C12H28N4/c1-2-3-10-16-11-9-14-8-7-13-5-4-6-15-12-16/h13-15H,2-12H2,1H3. The number of unbranched alkanes of at least 4 members (excludes halogenated alkanes) is 1. The minimum Gasteiger partial charge on any atom is -0.315 e. The van der Waals surface area contributed by atoms with E-state index in [9.17, 15) is 0 Å². The van der Waals surface area contributed by atoms with Crippen molar-refractivity contribution < 1.29 is 0 Å². The summed E-state index contributed by atoms with van der Waals surface area (Å²) in [5.74, 6) is 0. The van der Waals surface area contributed by atoms with Gasteiger partial charge in [0.1, 0.15) is 0 Å². The van der Waals surface area contributed by atoms with Crippen LogP contribution in [-0.2, 0) is 0 Å². The van der Waals surface area contributed by atoms with Crippen molar-refractivity contribution >= 4 is 0 Å². The van der Waals surface area contributed by atoms with E-state index in [4.69, 9.17) is 0 Å². The van der Waals surface area contributed by atoms with E-state index in [0.717, 1.165) is 45.9 Å². The molecule has 1 saturated heterocycles. The number of nitrogens with one attached hydrogen (secondary N) is 3. The van der Waals surface area contributed by atoms with Crippen molar-refractivity contribution in [2.45, 2.75) is 26.2 Å². The van der Waals surface area contributed by atoms with Gasteiger partial charge in [-0.25, -0.2) is 0 Å². The molecule has 0 spiro atoms. The SMILES string of the molecule is CCCCN1CCNCCNCCCNC1. The minimum absolute atomic E-state index is 1.04. The minimum atomic E-state index is 1.04. The second kappa shape index (κ2) is 10.0. The molecule has 1 aliphatic heterocycles. The molecule has 96 valence electrons. The molecule has 0 bridgehead atoms. The molecule has 1 rings (SSSR count). The van der Waals surface area contributed by atoms with Gasteiger partial charge in [0.15, 0.2) is 0 Å². The molecule has 16 heavy (non-hydrogen) atoms. The van der Waals surface area contributed by atoms with Crippen LogP contribution in [0.25, 0.3) is 0 Å². The lowest BCUT2D eigenvalue weighted by atomic mass is 10.3. The fourth-order valence-corrected chi connectivity index (χ4v) is 1.89. The Morgan fingerprint density at radius 3 is 2.50 bits per heavy atom. The molecule has 1 aliphatic rings. The van der Waals surface area contributed by atoms with Gasteiger partial charge in [-0.05, 0) is 32.5 Å². The van der Waals surface area contributed by atoms with E-state index in [1.807, 2.05) is 0 Å². The first-order valence-electron chi connectivity index (χ1n) is 6.78. The first-order chi connectivity index (χ1) is 7.93. The highest BCUT2D eigenvalue weighted by Gasteiger charge is 2.03. The summed E-state index contributed by atoms with van der Waals surface area (Å²) in [5, 5.41) is 10.4. The number of rotatable bonds is 3. The largest absolute Gasteiger partial charge is 0.315 e. The molecule has 0 amide bonds. The van der Waals surface area contributed by atoms with Crippen LogP contribution in [0, 0.1) is 0 Å². The highest BCUT2D eigenvalue weighted by molar-refractivity contribution is 4.62. The normalized spacial score (nSPS) is 22.3. The summed E-state index contributed by atoms with van der Waals surface area (Å²) in [6, 6.07) is 0. The quantitative estimate of drug-likeness (QED) is 0.646. The lowest BCUT2D eigenvalue weighted by molar-refractivity contribution is 0.247. The van der Waals surface area contributed by atoms with E-state index in [1.165, 1.54) is 25.8 Å². The second-order valence-electron chi connectivity index (χ2n) is 4.48. The molecule has 0 unspecified atom stereocenters. The van der Waals surface area contributed by atoms with Gasteiger partial charge >= 0.3 is 0 Å². The van der Waals surface area contributed by atoms with E-state index in [1.54, 1.807) is 0 Å². The molecule has 0 aromatic rings. The molecule has 0 radical (unpaired) electrons. The smallest absolute Gasteiger partial charge is 0.0480 e. The predicted octanol–water partition coefficient (Wildman–Crippen LogP) is 0.219. The Kier molecular flexibility index (Phi) is 8.71. The van der Waals surface area contributed by atoms with Crippen LogP contribution < -0.4 is 16.0 Å². The Morgan fingerprint density at radius 1 is 0.938 bits per heavy atom. The van der Waals surface area contributed by atoms with E-state index in [0.29, 0.717) is 0 Å². The Morgan fingerprint density at radius 2 is 1.69 bits per heavy atom. The fourth-order valence-electron chi connectivity index (χ4n) is 1.89. The molecule has 3 N–H and O–H groups in total. The van der Waals surface area contributed by atoms with Crippen LogP contribution >= 0.6 is 0 Å². The zero-order valence-electron chi connectivity index (χ0n) is 10.7. The molecule has 0 aromatic carbocycles. The maximum atomic E-state index is 3.52. The van der Waals surface area contributed by atoms with Crippen LogP contribution in [0.4, 0.5) is 0 Å². The van der Waals surface area contributed by atoms with E-state index >= 15 is 0 Å². The van der Waals surface area contributed by atoms with Crippen molar-refractivity contribution in [2.75, 3.05) is 52.5 Å². The van der Waals surface area contributed by atoms with Crippen LogP contribution in [0.3, 0.4) is 0 Å². The molecule has 0 atom stereocenters. The van der Waals surface area contributed by atoms with Gasteiger partial charge in [0.25, 0.3) is 0 Å². The summed E-state index contributed by atoms with van der Waals surface area (Å²) in [6.45, 7) is 11.2. The lowest BCUT2D eigenvalue weighted by Gasteiger charge is -2.23. The molecule has 4 nitrogen and oxygen atoms in total. The monoisotopic (exact) mass is 228 g/mol. The van der Waals surface area contributed by atoms with Gasteiger partial charge < -0.3 is 16.0 Å². The zero-order chi connectivity index (χ0) is 11.5. The van der Waals surface area contributed by atoms with Gasteiger partial charge in [-0.2, -0.15) is 0 Å². The predicted molar refractivity (Wildman–Crippen MR) is 69.7 cm³/mol. The van der Waals surface area contributed by atoms with Gasteiger partial charge in [0.2, 0.25) is 0 Å². The van der Waals surface area contributed by atoms with Crippen molar-refractivity contribution in [2.24, 2.45) is 0 Å². The Labute approximate surface area is 100 Å². The van der Waals surface area contributed by atoms with Crippen molar-refractivity contribution in [1.82, 2.24) is 20.9 Å². The van der Waals surface area contributed by atoms with Gasteiger partial charge in [0.05, 0.1) is 0 Å². The summed E-state index contributed by atoms with van der Waals surface area (Å²) in [4.78, 5) is 2.52. The Hall–Kier alpha value is -0.160. The zero-order valence-corrected chi connectivity index (χ0v) is 10.7. The van der Waals surface area contributed by atoms with Crippen LogP contribution in [0.15, 0.2) is 0 Å². The van der Waals surface area contributed by atoms with Crippen LogP contribution in [0.1, 0.15) is 26.2 Å². The summed E-state index contributed by atoms with van der Waals surface area (Å²) >= 11 is 0. The van der Waals surface area contributed by atoms with Crippen molar-refractivity contribution in [1.29, 1.82) is 0 Å². The van der Waals surface area contributed by atoms with Gasteiger partial charge in [-0.3, -0.25) is 4.90 Å². The molecule has 4 heteroatoms. The van der Waals surface area contributed by atoms with Crippen molar-refractivity contribution in [3.05, 3.63) is 0 Å². The summed E-state index contributed by atoms with van der Waals surface area (Å²) in [6.07, 6.45) is 3.82. The number of nitrogens with zero attached hydrogens (tertiary/aromatic N) is 1. The molecule has 0 aliphatic carbocycles. The first-order valence-corrected chi connectivity index (χ1v) is 6.78. The first kappa shape index (κ1) is 13.9. The molecular formula is C12H28N4. The van der Waals surface area contributed by atoms with Crippen molar-refractivity contribution in [3.63, 3.8) is 0 Å². The molecule has 0 aromatic heterocycles. The van der Waals surface area contributed by atoms with Crippen LogP contribution in [0.5, 0.6) is 0 Å². The third kappa shape index (κ3) is 7.17. The van der Waals surface area contributed by atoms with Crippen molar-refractivity contribution in [3.8, 4) is 0 Å². The van der Waals surface area contributed by atoms with E-state index in [-0.39, 0.29) is 0 Å². The molecular weight excluding hydrogens is 200 g/mol. The Bertz CT molecular complexity index is 140. The highest BCUT2D eigenvalue weighted by atomic mass is 15.2. The van der Waals surface area contributed by atoms with E-state index < -0.39 is 0 Å². The summed E-state index contributed by atoms with van der Waals surface area (Å²) < 4.78 is 0. The maximum absolute atomic E-state index is 3.52. The van der Waals surface area contributed by atoms with Gasteiger partial charge in [0, 0.05) is 32.8 Å². The van der Waals surface area contributed by atoms with Gasteiger partial charge in [-0.1, -0.05) is 13.3 Å². The second-order valence-corrected chi connectivity index (χ2v) is 4.48. The summed E-state index contributed by atoms with van der Waals surface area (Å²) in [5.41, 5.74) is 0. The van der Waals surface area contributed by atoms with Crippen LogP contribution in [0.2, 0.25) is 0 Å². The third-order valence-corrected chi connectivity index (χ3v) is 2.95. The molecule has 0 saturated carbocycles. The highest BCUT2D eigenvalue weighted by Crippen LogP contribution is 1.93. The number of hydrogen-bond acceptors (Lipinski definition) is 4. The van der Waals surface area contributed by atoms with Gasteiger partial charge in [-0.15, -0.1) is 0 Å². The lowest BCUT2D eigenvalue weighted by Crippen LogP contribution is -2.42. The average Bonchev–Trinajstić information content (AvgIpc) is 2.28. The Balaban J connectivity index is 2.19. The maximum Gasteiger partial charge on any atom is 0.0480 e. The van der Waals surface area contributed by atoms with Crippen LogP contribution in [-0.4, -0.2) is 57.4 Å². The molecule has 1 fully saturated rings. The third-order valence-electron chi connectivity index (χ3n) is 2.95. The fraction of sp³-hybridized carbons (Fsp3) is 1.00. The average molecular weight is 228 g/mol. The number of hydrogen-bond donors (Lipinski definition) is 3. The topological polar surface area (TPSA) is 39.3 Å². The van der Waals surface area contributed by atoms with E-state index in [2.05, 4.69) is 27.8 Å². The molecule has 1 heterocycles.